The normalized spacial score (nSPS) is 33.4. The molecule has 0 unspecified atom stereocenters. The zero-order valence-electron chi connectivity index (χ0n) is 11.3. The van der Waals surface area contributed by atoms with Crippen LogP contribution in [-0.2, 0) is 9.53 Å². The Morgan fingerprint density at radius 2 is 2.00 bits per heavy atom. The van der Waals surface area contributed by atoms with Crippen LogP contribution in [0.3, 0.4) is 0 Å². The van der Waals surface area contributed by atoms with Crippen LogP contribution in [0.4, 0.5) is 0 Å². The van der Waals surface area contributed by atoms with Gasteiger partial charge in [0, 0.05) is 6.42 Å². The summed E-state index contributed by atoms with van der Waals surface area (Å²) in [7, 11) is 0. The molecule has 1 heterocycles. The summed E-state index contributed by atoms with van der Waals surface area (Å²) in [6, 6.07) is 0. The summed E-state index contributed by atoms with van der Waals surface area (Å²) >= 11 is 0. The van der Waals surface area contributed by atoms with Gasteiger partial charge in [-0.15, -0.1) is 0 Å². The van der Waals surface area contributed by atoms with E-state index < -0.39 is 0 Å². The molecule has 1 aliphatic carbocycles. The lowest BCUT2D eigenvalue weighted by Gasteiger charge is -2.35. The maximum Gasteiger partial charge on any atom is 0.306 e. The van der Waals surface area contributed by atoms with Crippen molar-refractivity contribution in [2.75, 3.05) is 0 Å². The van der Waals surface area contributed by atoms with E-state index >= 15 is 0 Å². The zero-order chi connectivity index (χ0) is 12.3. The minimum atomic E-state index is -0.0361. The van der Waals surface area contributed by atoms with E-state index in [1.807, 2.05) is 0 Å². The summed E-state index contributed by atoms with van der Waals surface area (Å²) in [5.41, 5.74) is -0.0361. The third-order valence-corrected chi connectivity index (χ3v) is 4.53. The van der Waals surface area contributed by atoms with Crippen molar-refractivity contribution in [1.29, 1.82) is 0 Å². The predicted octanol–water partition coefficient (Wildman–Crippen LogP) is 4.08. The lowest BCUT2D eigenvalue weighted by molar-refractivity contribution is -0.151. The molecule has 1 saturated heterocycles. The van der Waals surface area contributed by atoms with E-state index in [2.05, 4.69) is 13.8 Å². The molecule has 98 valence electrons. The Bertz CT molecular complexity index is 262. The third-order valence-electron chi connectivity index (χ3n) is 4.53. The summed E-state index contributed by atoms with van der Waals surface area (Å²) in [5.74, 6) is 1.75. The number of esters is 1. The number of rotatable bonds is 4. The van der Waals surface area contributed by atoms with Gasteiger partial charge in [-0.05, 0) is 43.9 Å². The van der Waals surface area contributed by atoms with E-state index in [0.29, 0.717) is 6.42 Å². The average molecular weight is 238 g/mol. The first-order valence-corrected chi connectivity index (χ1v) is 7.31. The van der Waals surface area contributed by atoms with Crippen molar-refractivity contribution in [3.8, 4) is 0 Å². The van der Waals surface area contributed by atoms with Crippen molar-refractivity contribution >= 4 is 5.97 Å². The smallest absolute Gasteiger partial charge is 0.306 e. The molecule has 0 atom stereocenters. The van der Waals surface area contributed by atoms with Crippen LogP contribution in [0.1, 0.15) is 71.6 Å². The van der Waals surface area contributed by atoms with Crippen molar-refractivity contribution in [1.82, 2.24) is 0 Å². The van der Waals surface area contributed by atoms with Crippen LogP contribution in [-0.4, -0.2) is 11.6 Å². The summed E-state index contributed by atoms with van der Waals surface area (Å²) in [5, 5.41) is 0. The van der Waals surface area contributed by atoms with Crippen molar-refractivity contribution in [2.24, 2.45) is 11.8 Å². The Hall–Kier alpha value is -0.530. The molecular weight excluding hydrogens is 212 g/mol. The van der Waals surface area contributed by atoms with E-state index in [1.54, 1.807) is 0 Å². The van der Waals surface area contributed by atoms with Crippen molar-refractivity contribution < 1.29 is 9.53 Å². The lowest BCUT2D eigenvalue weighted by Crippen LogP contribution is -2.33. The molecule has 0 amide bonds. The molecule has 2 aliphatic rings. The van der Waals surface area contributed by atoms with E-state index in [4.69, 9.17) is 4.74 Å². The van der Waals surface area contributed by atoms with Gasteiger partial charge >= 0.3 is 5.97 Å². The molecule has 1 aliphatic heterocycles. The average Bonchev–Trinajstić information content (AvgIpc) is 2.63. The van der Waals surface area contributed by atoms with E-state index in [0.717, 1.165) is 31.1 Å². The maximum absolute atomic E-state index is 11.2. The summed E-state index contributed by atoms with van der Waals surface area (Å²) in [6.45, 7) is 4.60. The summed E-state index contributed by atoms with van der Waals surface area (Å²) < 4.78 is 5.54. The molecule has 0 aromatic carbocycles. The van der Waals surface area contributed by atoms with Crippen LogP contribution in [0.5, 0.6) is 0 Å². The molecular formula is C15H26O2. The number of carbonyl (C=O) groups excluding carboxylic acids is 1. The van der Waals surface area contributed by atoms with Crippen molar-refractivity contribution in [3.63, 3.8) is 0 Å². The molecule has 2 nitrogen and oxygen atoms in total. The third kappa shape index (κ3) is 3.46. The second-order valence-corrected chi connectivity index (χ2v) is 6.43. The number of hydrogen-bond donors (Lipinski definition) is 0. The van der Waals surface area contributed by atoms with Gasteiger partial charge in [0.15, 0.2) is 0 Å². The van der Waals surface area contributed by atoms with Crippen LogP contribution >= 0.6 is 0 Å². The zero-order valence-corrected chi connectivity index (χ0v) is 11.3. The quantitative estimate of drug-likeness (QED) is 0.690. The molecule has 1 spiro atoms. The standard InChI is InChI=1S/C15H26O2/c1-12(2)4-3-5-13-6-9-15(10-7-13)11-8-14(16)17-15/h12-13H,3-11H2,1-2H3. The first-order valence-electron chi connectivity index (χ1n) is 7.31. The largest absolute Gasteiger partial charge is 0.459 e. The minimum absolute atomic E-state index is 0.0308. The van der Waals surface area contributed by atoms with Gasteiger partial charge < -0.3 is 4.74 Å². The van der Waals surface area contributed by atoms with Crippen LogP contribution in [0.25, 0.3) is 0 Å². The second kappa shape index (κ2) is 5.41. The Morgan fingerprint density at radius 3 is 2.53 bits per heavy atom. The summed E-state index contributed by atoms with van der Waals surface area (Å²) in [6.07, 6.45) is 10.5. The predicted molar refractivity (Wildman–Crippen MR) is 68.7 cm³/mol. The topological polar surface area (TPSA) is 26.3 Å². The highest BCUT2D eigenvalue weighted by Gasteiger charge is 2.42. The van der Waals surface area contributed by atoms with E-state index in [1.165, 1.54) is 32.1 Å². The Kier molecular flexibility index (Phi) is 4.11. The van der Waals surface area contributed by atoms with Crippen molar-refractivity contribution in [2.45, 2.75) is 77.2 Å². The molecule has 0 aromatic rings. The van der Waals surface area contributed by atoms with Crippen molar-refractivity contribution in [3.05, 3.63) is 0 Å². The minimum Gasteiger partial charge on any atom is -0.459 e. The molecule has 2 rings (SSSR count). The van der Waals surface area contributed by atoms with Crippen LogP contribution in [0.15, 0.2) is 0 Å². The fourth-order valence-electron chi connectivity index (χ4n) is 3.33. The van der Waals surface area contributed by atoms with Gasteiger partial charge in [-0.25, -0.2) is 0 Å². The fourth-order valence-corrected chi connectivity index (χ4v) is 3.33. The van der Waals surface area contributed by atoms with Gasteiger partial charge in [0.05, 0.1) is 0 Å². The molecule has 0 N–H and O–H groups in total. The van der Waals surface area contributed by atoms with Crippen LogP contribution in [0.2, 0.25) is 0 Å². The van der Waals surface area contributed by atoms with Gasteiger partial charge in [-0.3, -0.25) is 4.79 Å². The summed E-state index contributed by atoms with van der Waals surface area (Å²) in [4.78, 5) is 11.2. The van der Waals surface area contributed by atoms with Gasteiger partial charge in [0.2, 0.25) is 0 Å². The molecule has 1 saturated carbocycles. The van der Waals surface area contributed by atoms with Crippen LogP contribution < -0.4 is 0 Å². The number of carbonyl (C=O) groups is 1. The monoisotopic (exact) mass is 238 g/mol. The van der Waals surface area contributed by atoms with E-state index in [-0.39, 0.29) is 11.6 Å². The molecule has 2 fully saturated rings. The lowest BCUT2D eigenvalue weighted by atomic mass is 9.75. The molecule has 0 bridgehead atoms. The van der Waals surface area contributed by atoms with Gasteiger partial charge in [-0.2, -0.15) is 0 Å². The highest BCUT2D eigenvalue weighted by Crippen LogP contribution is 2.43. The van der Waals surface area contributed by atoms with Gasteiger partial charge in [-0.1, -0.05) is 33.1 Å². The number of ether oxygens (including phenoxy) is 1. The molecule has 0 aromatic heterocycles. The van der Waals surface area contributed by atoms with Crippen LogP contribution in [0, 0.1) is 11.8 Å². The molecule has 2 heteroatoms. The maximum atomic E-state index is 11.2. The highest BCUT2D eigenvalue weighted by atomic mass is 16.6. The van der Waals surface area contributed by atoms with Gasteiger partial charge in [0.25, 0.3) is 0 Å². The fraction of sp³-hybridized carbons (Fsp3) is 0.933. The van der Waals surface area contributed by atoms with E-state index in [9.17, 15) is 4.79 Å². The Labute approximate surface area is 105 Å². The molecule has 0 radical (unpaired) electrons. The Morgan fingerprint density at radius 1 is 1.29 bits per heavy atom. The highest BCUT2D eigenvalue weighted by molar-refractivity contribution is 5.72. The second-order valence-electron chi connectivity index (χ2n) is 6.43. The Balaban J connectivity index is 1.69. The number of hydrogen-bond acceptors (Lipinski definition) is 2. The van der Waals surface area contributed by atoms with Gasteiger partial charge in [0.1, 0.15) is 5.60 Å². The SMILES string of the molecule is CC(C)CCCC1CCC2(CCC(=O)O2)CC1. The first-order chi connectivity index (χ1) is 8.10. The molecule has 17 heavy (non-hydrogen) atoms. The first kappa shape index (κ1) is 12.9.